The van der Waals surface area contributed by atoms with Crippen molar-refractivity contribution in [1.29, 1.82) is 0 Å². The van der Waals surface area contributed by atoms with Crippen molar-refractivity contribution >= 4 is 30.0 Å². The maximum Gasteiger partial charge on any atom is 0.0444 e. The minimum atomic E-state index is -0.918. The van der Waals surface area contributed by atoms with Gasteiger partial charge in [0.05, 0.1) is 0 Å². The van der Waals surface area contributed by atoms with Crippen LogP contribution in [0.4, 0.5) is 0 Å². The van der Waals surface area contributed by atoms with Crippen LogP contribution in [-0.4, -0.2) is 23.1 Å². The number of fused-ring (bicyclic) bond motifs is 2. The molecule has 0 amide bonds. The summed E-state index contributed by atoms with van der Waals surface area (Å²) in [6.07, 6.45) is 25.3. The summed E-state index contributed by atoms with van der Waals surface area (Å²) in [5, 5.41) is 3.66. The minimum Gasteiger partial charge on any atom is -0.193 e. The molecule has 2 heteroatoms. The van der Waals surface area contributed by atoms with Crippen molar-refractivity contribution < 1.29 is 0 Å². The second kappa shape index (κ2) is 9.47. The van der Waals surface area contributed by atoms with Gasteiger partial charge in [-0.1, -0.05) is 91.1 Å². The molecule has 0 nitrogen and oxygen atoms in total. The van der Waals surface area contributed by atoms with Crippen molar-refractivity contribution in [2.75, 3.05) is 12.5 Å². The van der Waals surface area contributed by atoms with Crippen LogP contribution in [-0.2, 0) is 12.8 Å². The lowest BCUT2D eigenvalue weighted by Crippen LogP contribution is -2.10. The van der Waals surface area contributed by atoms with Crippen LogP contribution in [0.3, 0.4) is 0 Å². The van der Waals surface area contributed by atoms with Crippen molar-refractivity contribution in [3.8, 4) is 11.1 Å². The fourth-order valence-electron chi connectivity index (χ4n) is 5.96. The number of hydrogen-bond donors (Lipinski definition) is 0. The van der Waals surface area contributed by atoms with Crippen LogP contribution in [0.15, 0.2) is 66.3 Å². The summed E-state index contributed by atoms with van der Waals surface area (Å²) in [4.78, 5) is 0. The predicted molar refractivity (Wildman–Crippen MR) is 155 cm³/mol. The molecule has 0 aromatic heterocycles. The molecular formula is C31H38S2. The fraction of sp³-hybridized carbons (Fsp3) is 0.387. The molecule has 0 N–H and O–H groups in total. The zero-order chi connectivity index (χ0) is 23.0. The number of unbranched alkanes of at least 4 members (excludes halogenated alkanes) is 1. The highest BCUT2D eigenvalue weighted by Gasteiger charge is 2.36. The van der Waals surface area contributed by atoms with Gasteiger partial charge >= 0.3 is 0 Å². The Morgan fingerprint density at radius 2 is 1.88 bits per heavy atom. The van der Waals surface area contributed by atoms with E-state index < -0.39 is 9.06 Å². The van der Waals surface area contributed by atoms with Crippen molar-refractivity contribution in [2.24, 2.45) is 0 Å². The van der Waals surface area contributed by atoms with E-state index in [2.05, 4.69) is 98.5 Å². The zero-order valence-electron chi connectivity index (χ0n) is 20.6. The number of benzene rings is 2. The second-order valence-electron chi connectivity index (χ2n) is 9.93. The molecule has 0 radical (unpaired) electrons. The monoisotopic (exact) mass is 474 g/mol. The molecule has 0 heterocycles. The Hall–Kier alpha value is -1.77. The summed E-state index contributed by atoms with van der Waals surface area (Å²) in [6, 6.07) is 13.7. The molecule has 2 aromatic rings. The molecular weight excluding hydrogens is 436 g/mol. The molecule has 33 heavy (non-hydrogen) atoms. The van der Waals surface area contributed by atoms with E-state index in [1.807, 2.05) is 0 Å². The first-order valence-corrected chi connectivity index (χ1v) is 17.0. The van der Waals surface area contributed by atoms with Crippen LogP contribution >= 0.6 is 18.6 Å². The van der Waals surface area contributed by atoms with Gasteiger partial charge in [0, 0.05) is 10.5 Å². The molecule has 3 unspecified atom stereocenters. The molecule has 0 saturated carbocycles. The van der Waals surface area contributed by atoms with Crippen molar-refractivity contribution in [1.82, 2.24) is 0 Å². The first-order valence-electron chi connectivity index (χ1n) is 12.6. The highest BCUT2D eigenvalue weighted by molar-refractivity contribution is 8.99. The van der Waals surface area contributed by atoms with Crippen LogP contribution in [0.2, 0.25) is 0 Å². The van der Waals surface area contributed by atoms with Crippen molar-refractivity contribution in [3.63, 3.8) is 0 Å². The Labute approximate surface area is 204 Å². The van der Waals surface area contributed by atoms with Crippen molar-refractivity contribution in [3.05, 3.63) is 88.5 Å². The summed E-state index contributed by atoms with van der Waals surface area (Å²) in [5.41, 5.74) is 10.8. The Balaban J connectivity index is 1.54. The van der Waals surface area contributed by atoms with Gasteiger partial charge in [0.25, 0.3) is 0 Å². The van der Waals surface area contributed by atoms with Crippen LogP contribution in [0.5, 0.6) is 0 Å². The average Bonchev–Trinajstić information content (AvgIpc) is 3.56. The van der Waals surface area contributed by atoms with Crippen LogP contribution in [0, 0.1) is 0 Å². The Bertz CT molecular complexity index is 1160. The highest BCUT2D eigenvalue weighted by Crippen LogP contribution is 2.72. The van der Waals surface area contributed by atoms with Gasteiger partial charge in [-0.2, -0.15) is 9.06 Å². The average molecular weight is 475 g/mol. The highest BCUT2D eigenvalue weighted by atomic mass is 33.2. The van der Waals surface area contributed by atoms with Gasteiger partial charge < -0.3 is 0 Å². The zero-order valence-corrected chi connectivity index (χ0v) is 22.3. The first kappa shape index (κ1) is 23.0. The second-order valence-corrected chi connectivity index (χ2v) is 18.5. The Kier molecular flexibility index (Phi) is 6.60. The quantitative estimate of drug-likeness (QED) is 0.277. The number of aryl methyl sites for hydroxylation is 1. The normalized spacial score (nSPS) is 22.5. The van der Waals surface area contributed by atoms with Crippen molar-refractivity contribution in [2.45, 2.75) is 62.9 Å². The van der Waals surface area contributed by atoms with Gasteiger partial charge in [0.1, 0.15) is 0 Å². The fourth-order valence-corrected chi connectivity index (χ4v) is 14.2. The number of rotatable bonds is 7. The van der Waals surface area contributed by atoms with Gasteiger partial charge in [-0.3, -0.25) is 0 Å². The SMILES string of the molecule is CC=S(C1C=CC(CCCC)=C1)S(C)(C)C1C=Cc2c1cc1c(c2-c2ccccc2)CCC1. The van der Waals surface area contributed by atoms with Gasteiger partial charge in [0.15, 0.2) is 0 Å². The van der Waals surface area contributed by atoms with Gasteiger partial charge in [-0.05, 0) is 84.9 Å². The van der Waals surface area contributed by atoms with E-state index >= 15 is 0 Å². The molecule has 3 aliphatic rings. The lowest BCUT2D eigenvalue weighted by atomic mass is 9.89. The van der Waals surface area contributed by atoms with E-state index in [9.17, 15) is 0 Å². The van der Waals surface area contributed by atoms with E-state index in [-0.39, 0.29) is 9.52 Å². The molecule has 2 aromatic carbocycles. The van der Waals surface area contributed by atoms with Crippen LogP contribution < -0.4 is 0 Å². The Morgan fingerprint density at radius 3 is 2.64 bits per heavy atom. The van der Waals surface area contributed by atoms with Crippen LogP contribution in [0.1, 0.15) is 67.0 Å². The lowest BCUT2D eigenvalue weighted by molar-refractivity contribution is 0.798. The topological polar surface area (TPSA) is 0 Å². The van der Waals surface area contributed by atoms with E-state index in [1.54, 1.807) is 22.3 Å². The summed E-state index contributed by atoms with van der Waals surface area (Å²) in [5.74, 6) is 0. The largest absolute Gasteiger partial charge is 0.193 e. The lowest BCUT2D eigenvalue weighted by Gasteiger charge is -2.43. The third kappa shape index (κ3) is 4.15. The van der Waals surface area contributed by atoms with Gasteiger partial charge in [0.2, 0.25) is 0 Å². The molecule has 0 aliphatic heterocycles. The third-order valence-corrected chi connectivity index (χ3v) is 16.3. The molecule has 5 rings (SSSR count). The molecule has 0 fully saturated rings. The molecule has 0 spiro atoms. The molecule has 0 saturated heterocycles. The molecule has 0 bridgehead atoms. The predicted octanol–water partition coefficient (Wildman–Crippen LogP) is 9.04. The van der Waals surface area contributed by atoms with E-state index in [0.717, 1.165) is 0 Å². The van der Waals surface area contributed by atoms with Crippen LogP contribution in [0.25, 0.3) is 17.2 Å². The summed E-state index contributed by atoms with van der Waals surface area (Å²) >= 11 is 0. The smallest absolute Gasteiger partial charge is 0.0444 e. The van der Waals surface area contributed by atoms with E-state index in [0.29, 0.717) is 10.5 Å². The standard InChI is InChI=1S/C31H38S2/c1-5-7-12-23-17-18-26(21-23)32(6-2)33(3,4)30-20-19-28-29(30)22-25-15-11-16-27(25)31(28)24-13-9-8-10-14-24/h6,8-10,13-14,17-22,26,30H,5,7,11-12,15-16H2,1-4H3. The van der Waals surface area contributed by atoms with E-state index in [4.69, 9.17) is 0 Å². The number of allylic oxidation sites excluding steroid dienone is 2. The molecule has 3 aliphatic carbocycles. The third-order valence-electron chi connectivity index (χ3n) is 7.58. The maximum atomic E-state index is 2.60. The minimum absolute atomic E-state index is 0.254. The Morgan fingerprint density at radius 1 is 1.06 bits per heavy atom. The maximum absolute atomic E-state index is 2.60. The van der Waals surface area contributed by atoms with E-state index in [1.165, 1.54) is 55.2 Å². The summed E-state index contributed by atoms with van der Waals surface area (Å²) in [7, 11) is -0.664. The van der Waals surface area contributed by atoms with Gasteiger partial charge in [-0.15, -0.1) is 9.52 Å². The first-order chi connectivity index (χ1) is 16.0. The molecule has 174 valence electrons. The summed E-state index contributed by atoms with van der Waals surface area (Å²) in [6.45, 7) is 4.60. The van der Waals surface area contributed by atoms with Gasteiger partial charge in [-0.25, -0.2) is 0 Å². The number of hydrogen-bond acceptors (Lipinski definition) is 0. The molecule has 3 atom stereocenters. The summed E-state index contributed by atoms with van der Waals surface area (Å²) < 4.78 is 0.